The van der Waals surface area contributed by atoms with Crippen LogP contribution in [0.25, 0.3) is 10.9 Å². The first-order valence-electron chi connectivity index (χ1n) is 8.07. The van der Waals surface area contributed by atoms with E-state index >= 15 is 0 Å². The molecule has 4 aromatic rings. The van der Waals surface area contributed by atoms with Crippen LogP contribution >= 0.6 is 0 Å². The number of aromatic nitrogens is 3. The number of H-pyrrole nitrogens is 1. The Bertz CT molecular complexity index is 1140. The van der Waals surface area contributed by atoms with E-state index < -0.39 is 0 Å². The van der Waals surface area contributed by atoms with Crippen LogP contribution in [0.15, 0.2) is 72.9 Å². The molecule has 0 fully saturated rings. The molecule has 26 heavy (non-hydrogen) atoms. The molecule has 1 amide bonds. The second kappa shape index (κ2) is 6.91. The van der Waals surface area contributed by atoms with Crippen LogP contribution in [0.5, 0.6) is 0 Å². The van der Waals surface area contributed by atoms with Crippen molar-refractivity contribution in [2.24, 2.45) is 0 Å². The summed E-state index contributed by atoms with van der Waals surface area (Å²) in [5.41, 5.74) is 3.35. The van der Waals surface area contributed by atoms with Crippen molar-refractivity contribution in [2.75, 3.05) is 5.32 Å². The van der Waals surface area contributed by atoms with Gasteiger partial charge in [-0.3, -0.25) is 9.89 Å². The molecule has 0 bridgehead atoms. The molecule has 0 saturated carbocycles. The minimum absolute atomic E-state index is 0.266. The number of nitrogens with one attached hydrogen (secondary N) is 2. The van der Waals surface area contributed by atoms with E-state index in [1.54, 1.807) is 6.20 Å². The Hall–Kier alpha value is -3.91. The SMILES string of the molecule is O=C(Nc1cccc(C#Cc2ccccn2)c1)c1n[nH]c2ccccc12. The molecule has 0 aliphatic heterocycles. The number of pyridine rings is 1. The number of hydrogen-bond acceptors (Lipinski definition) is 3. The predicted octanol–water partition coefficient (Wildman–Crippen LogP) is 3.61. The molecule has 0 radical (unpaired) electrons. The van der Waals surface area contributed by atoms with Crippen molar-refractivity contribution >= 4 is 22.5 Å². The summed E-state index contributed by atoms with van der Waals surface area (Å²) in [5, 5.41) is 10.6. The Morgan fingerprint density at radius 1 is 0.962 bits per heavy atom. The molecule has 2 heterocycles. The summed E-state index contributed by atoms with van der Waals surface area (Å²) in [6.45, 7) is 0. The smallest absolute Gasteiger partial charge is 0.276 e. The molecule has 2 aromatic carbocycles. The fourth-order valence-electron chi connectivity index (χ4n) is 2.57. The summed E-state index contributed by atoms with van der Waals surface area (Å²) in [4.78, 5) is 16.7. The fourth-order valence-corrected chi connectivity index (χ4v) is 2.57. The van der Waals surface area contributed by atoms with E-state index in [2.05, 4.69) is 32.3 Å². The Labute approximate surface area is 150 Å². The highest BCUT2D eigenvalue weighted by Gasteiger charge is 2.13. The van der Waals surface area contributed by atoms with Crippen LogP contribution in [0.3, 0.4) is 0 Å². The minimum atomic E-state index is -0.266. The van der Waals surface area contributed by atoms with E-state index in [0.29, 0.717) is 17.1 Å². The first-order chi connectivity index (χ1) is 12.8. The van der Waals surface area contributed by atoms with Gasteiger partial charge in [-0.05, 0) is 42.3 Å². The molecule has 2 N–H and O–H groups in total. The Morgan fingerprint density at radius 2 is 1.85 bits per heavy atom. The number of nitrogens with zero attached hydrogens (tertiary/aromatic N) is 2. The number of fused-ring (bicyclic) bond motifs is 1. The molecule has 0 aliphatic rings. The molecule has 5 heteroatoms. The Kier molecular flexibility index (Phi) is 4.15. The molecule has 5 nitrogen and oxygen atoms in total. The van der Waals surface area contributed by atoms with Crippen molar-refractivity contribution < 1.29 is 4.79 Å². The van der Waals surface area contributed by atoms with E-state index in [1.165, 1.54) is 0 Å². The number of aromatic amines is 1. The number of amides is 1. The standard InChI is InChI=1S/C21H14N4O/c26-21(20-18-9-1-2-10-19(18)24-25-20)23-17-8-5-6-15(14-17)11-12-16-7-3-4-13-22-16/h1-10,13-14H,(H,23,26)(H,24,25). The lowest BCUT2D eigenvalue weighted by molar-refractivity contribution is 0.102. The number of hydrogen-bond donors (Lipinski definition) is 2. The number of para-hydroxylation sites is 1. The maximum atomic E-state index is 12.5. The van der Waals surface area contributed by atoms with Crippen molar-refractivity contribution in [1.29, 1.82) is 0 Å². The van der Waals surface area contributed by atoms with Gasteiger partial charge >= 0.3 is 0 Å². The average molecular weight is 338 g/mol. The van der Waals surface area contributed by atoms with Gasteiger partial charge in [-0.15, -0.1) is 0 Å². The number of carbonyl (C=O) groups excluding carboxylic acids is 1. The molecule has 4 rings (SSSR count). The van der Waals surface area contributed by atoms with E-state index in [0.717, 1.165) is 16.5 Å². The van der Waals surface area contributed by atoms with Crippen LogP contribution < -0.4 is 5.32 Å². The largest absolute Gasteiger partial charge is 0.321 e. The molecule has 0 atom stereocenters. The highest BCUT2D eigenvalue weighted by Crippen LogP contribution is 2.17. The molecule has 0 saturated heterocycles. The van der Waals surface area contributed by atoms with E-state index in [9.17, 15) is 4.79 Å². The third-order valence-electron chi connectivity index (χ3n) is 3.81. The van der Waals surface area contributed by atoms with Crippen LogP contribution in [0, 0.1) is 11.8 Å². The molecule has 0 unspecified atom stereocenters. The molecular formula is C21H14N4O. The molecular weight excluding hydrogens is 324 g/mol. The first kappa shape index (κ1) is 15.6. The maximum absolute atomic E-state index is 12.5. The van der Waals surface area contributed by atoms with Gasteiger partial charge in [0.05, 0.1) is 5.52 Å². The van der Waals surface area contributed by atoms with Crippen LogP contribution in [-0.4, -0.2) is 21.1 Å². The predicted molar refractivity (Wildman–Crippen MR) is 101 cm³/mol. The van der Waals surface area contributed by atoms with Gasteiger partial charge in [0.2, 0.25) is 0 Å². The third-order valence-corrected chi connectivity index (χ3v) is 3.81. The highest BCUT2D eigenvalue weighted by molar-refractivity contribution is 6.11. The summed E-state index contributed by atoms with van der Waals surface area (Å²) in [6, 6.07) is 20.5. The number of benzene rings is 2. The van der Waals surface area contributed by atoms with Crippen LogP contribution in [0.2, 0.25) is 0 Å². The van der Waals surface area contributed by atoms with Gasteiger partial charge in [-0.2, -0.15) is 5.10 Å². The highest BCUT2D eigenvalue weighted by atomic mass is 16.1. The summed E-state index contributed by atoms with van der Waals surface area (Å²) < 4.78 is 0. The van der Waals surface area contributed by atoms with Crippen molar-refractivity contribution in [2.45, 2.75) is 0 Å². The third kappa shape index (κ3) is 3.30. The quantitative estimate of drug-likeness (QED) is 0.549. The van der Waals surface area contributed by atoms with Gasteiger partial charge in [0.25, 0.3) is 5.91 Å². The van der Waals surface area contributed by atoms with E-state index in [1.807, 2.05) is 66.7 Å². The zero-order chi connectivity index (χ0) is 17.8. The van der Waals surface area contributed by atoms with Crippen LogP contribution in [0.1, 0.15) is 21.7 Å². The minimum Gasteiger partial charge on any atom is -0.321 e. The van der Waals surface area contributed by atoms with Crippen molar-refractivity contribution in [3.8, 4) is 11.8 Å². The van der Waals surface area contributed by atoms with Crippen molar-refractivity contribution in [1.82, 2.24) is 15.2 Å². The zero-order valence-electron chi connectivity index (χ0n) is 13.7. The van der Waals surface area contributed by atoms with Gasteiger partial charge in [0, 0.05) is 22.8 Å². The summed E-state index contributed by atoms with van der Waals surface area (Å²) in [5.74, 6) is 5.79. The van der Waals surface area contributed by atoms with Gasteiger partial charge in [-0.1, -0.05) is 36.3 Å². The zero-order valence-corrected chi connectivity index (χ0v) is 13.7. The normalized spacial score (nSPS) is 10.2. The fraction of sp³-hybridized carbons (Fsp3) is 0. The number of anilines is 1. The average Bonchev–Trinajstić information content (AvgIpc) is 3.12. The second-order valence-corrected chi connectivity index (χ2v) is 5.62. The topological polar surface area (TPSA) is 70.7 Å². The van der Waals surface area contributed by atoms with Crippen LogP contribution in [0.4, 0.5) is 5.69 Å². The first-order valence-corrected chi connectivity index (χ1v) is 8.07. The van der Waals surface area contributed by atoms with Gasteiger partial charge in [0.15, 0.2) is 5.69 Å². The van der Waals surface area contributed by atoms with Crippen molar-refractivity contribution in [3.05, 3.63) is 89.9 Å². The summed E-state index contributed by atoms with van der Waals surface area (Å²) in [7, 11) is 0. The Morgan fingerprint density at radius 3 is 2.73 bits per heavy atom. The lowest BCUT2D eigenvalue weighted by Crippen LogP contribution is -2.12. The number of carbonyl (C=O) groups is 1. The van der Waals surface area contributed by atoms with Gasteiger partial charge in [-0.25, -0.2) is 4.98 Å². The molecule has 0 spiro atoms. The maximum Gasteiger partial charge on any atom is 0.276 e. The van der Waals surface area contributed by atoms with Crippen molar-refractivity contribution in [3.63, 3.8) is 0 Å². The van der Waals surface area contributed by atoms with E-state index in [4.69, 9.17) is 0 Å². The van der Waals surface area contributed by atoms with Gasteiger partial charge in [0.1, 0.15) is 5.69 Å². The molecule has 0 aliphatic carbocycles. The second-order valence-electron chi connectivity index (χ2n) is 5.62. The lowest BCUT2D eigenvalue weighted by atomic mass is 10.1. The lowest BCUT2D eigenvalue weighted by Gasteiger charge is -2.04. The summed E-state index contributed by atoms with van der Waals surface area (Å²) >= 11 is 0. The van der Waals surface area contributed by atoms with Crippen LogP contribution in [-0.2, 0) is 0 Å². The van der Waals surface area contributed by atoms with E-state index in [-0.39, 0.29) is 5.91 Å². The molecule has 124 valence electrons. The number of rotatable bonds is 2. The monoisotopic (exact) mass is 338 g/mol. The Balaban J connectivity index is 1.56. The molecule has 2 aromatic heterocycles. The van der Waals surface area contributed by atoms with Gasteiger partial charge < -0.3 is 5.32 Å². The summed E-state index contributed by atoms with van der Waals surface area (Å²) in [6.07, 6.45) is 1.70.